The molecule has 0 atom stereocenters. The van der Waals surface area contributed by atoms with E-state index in [2.05, 4.69) is 10.2 Å². The van der Waals surface area contributed by atoms with Crippen LogP contribution >= 0.6 is 22.9 Å². The first kappa shape index (κ1) is 17.4. The zero-order chi connectivity index (χ0) is 17.3. The third-order valence-corrected chi connectivity index (χ3v) is 4.96. The lowest BCUT2D eigenvalue weighted by Gasteiger charge is -2.07. The van der Waals surface area contributed by atoms with E-state index in [4.69, 9.17) is 11.6 Å². The van der Waals surface area contributed by atoms with Crippen molar-refractivity contribution in [3.8, 4) is 0 Å². The first-order chi connectivity index (χ1) is 10.6. The number of alkyl halides is 3. The van der Waals surface area contributed by atoms with Crippen molar-refractivity contribution in [1.29, 1.82) is 0 Å². The molecule has 0 aliphatic heterocycles. The van der Waals surface area contributed by atoms with Crippen molar-refractivity contribution in [1.82, 2.24) is 14.9 Å². The van der Waals surface area contributed by atoms with Crippen LogP contribution in [-0.2, 0) is 16.2 Å². The summed E-state index contributed by atoms with van der Waals surface area (Å²) in [7, 11) is -4.29. The van der Waals surface area contributed by atoms with Crippen molar-refractivity contribution in [2.75, 3.05) is 5.32 Å². The summed E-state index contributed by atoms with van der Waals surface area (Å²) >= 11 is 5.76. The van der Waals surface area contributed by atoms with Gasteiger partial charge in [-0.1, -0.05) is 35.1 Å². The number of aromatic nitrogens is 2. The van der Waals surface area contributed by atoms with Crippen LogP contribution < -0.4 is 10.0 Å². The number of sulfonamides is 1. The van der Waals surface area contributed by atoms with Crippen molar-refractivity contribution < 1.29 is 26.4 Å². The van der Waals surface area contributed by atoms with Crippen LogP contribution in [0.4, 0.5) is 23.1 Å². The molecule has 2 amide bonds. The molecule has 1 aromatic carbocycles. The third kappa shape index (κ3) is 4.30. The Labute approximate surface area is 136 Å². The molecule has 0 fully saturated rings. The SMILES string of the molecule is O=C(Nc1nnc(C(F)(F)F)s1)NS(=O)(=O)c1ccccc1Cl. The summed E-state index contributed by atoms with van der Waals surface area (Å²) in [4.78, 5) is 11.2. The van der Waals surface area contributed by atoms with Crippen molar-refractivity contribution in [3.63, 3.8) is 0 Å². The number of hydrogen-bond donors (Lipinski definition) is 2. The lowest BCUT2D eigenvalue weighted by molar-refractivity contribution is -0.138. The maximum Gasteiger partial charge on any atom is 0.445 e. The molecule has 0 aliphatic carbocycles. The molecule has 0 saturated heterocycles. The van der Waals surface area contributed by atoms with Crippen molar-refractivity contribution in [2.24, 2.45) is 0 Å². The summed E-state index contributed by atoms with van der Waals surface area (Å²) in [5.74, 6) is 0. The van der Waals surface area contributed by atoms with Crippen LogP contribution in [0.5, 0.6) is 0 Å². The monoisotopic (exact) mass is 386 g/mol. The smallest absolute Gasteiger partial charge is 0.281 e. The van der Waals surface area contributed by atoms with E-state index < -0.39 is 32.4 Å². The van der Waals surface area contributed by atoms with Gasteiger partial charge >= 0.3 is 12.2 Å². The third-order valence-electron chi connectivity index (χ3n) is 2.24. The maximum absolute atomic E-state index is 12.3. The van der Waals surface area contributed by atoms with E-state index in [1.165, 1.54) is 18.2 Å². The van der Waals surface area contributed by atoms with Gasteiger partial charge in [-0.05, 0) is 12.1 Å². The minimum Gasteiger partial charge on any atom is -0.281 e. The van der Waals surface area contributed by atoms with Gasteiger partial charge in [0.15, 0.2) is 0 Å². The summed E-state index contributed by atoms with van der Waals surface area (Å²) in [5, 5.41) is 5.88. The average molecular weight is 387 g/mol. The Bertz CT molecular complexity index is 838. The highest BCUT2D eigenvalue weighted by atomic mass is 35.5. The van der Waals surface area contributed by atoms with Crippen LogP contribution in [-0.4, -0.2) is 24.6 Å². The summed E-state index contributed by atoms with van der Waals surface area (Å²) in [6.07, 6.45) is -4.71. The second kappa shape index (κ2) is 6.29. The molecule has 2 N–H and O–H groups in total. The molecule has 7 nitrogen and oxygen atoms in total. The van der Waals surface area contributed by atoms with Crippen LogP contribution in [0.3, 0.4) is 0 Å². The van der Waals surface area contributed by atoms with Crippen LogP contribution in [0.2, 0.25) is 5.02 Å². The van der Waals surface area contributed by atoms with Gasteiger partial charge in [-0.25, -0.2) is 17.9 Å². The molecule has 0 unspecified atom stereocenters. The zero-order valence-corrected chi connectivity index (χ0v) is 13.1. The number of anilines is 1. The van der Waals surface area contributed by atoms with Gasteiger partial charge in [0.2, 0.25) is 10.1 Å². The minimum absolute atomic E-state index is 0.0531. The largest absolute Gasteiger partial charge is 0.445 e. The fourth-order valence-electron chi connectivity index (χ4n) is 1.35. The average Bonchev–Trinajstić information content (AvgIpc) is 2.86. The predicted octanol–water partition coefficient (Wildman–Crippen LogP) is 2.72. The Morgan fingerprint density at radius 1 is 1.22 bits per heavy atom. The number of amides is 2. The summed E-state index contributed by atoms with van der Waals surface area (Å²) < 4.78 is 62.5. The fourth-order valence-corrected chi connectivity index (χ4v) is 3.38. The van der Waals surface area contributed by atoms with Crippen LogP contribution in [0.25, 0.3) is 0 Å². The second-order valence-corrected chi connectivity index (χ2v) is 6.94. The van der Waals surface area contributed by atoms with Crippen LogP contribution in [0.15, 0.2) is 29.2 Å². The quantitative estimate of drug-likeness (QED) is 0.844. The molecule has 23 heavy (non-hydrogen) atoms. The second-order valence-electron chi connectivity index (χ2n) is 3.90. The molecule has 2 aromatic rings. The van der Waals surface area contributed by atoms with Gasteiger partial charge < -0.3 is 0 Å². The Morgan fingerprint density at radius 3 is 2.43 bits per heavy atom. The number of carbonyl (C=O) groups excluding carboxylic acids is 1. The Hall–Kier alpha value is -1.92. The molecule has 13 heteroatoms. The molecule has 0 radical (unpaired) electrons. The van der Waals surface area contributed by atoms with Gasteiger partial charge in [0.25, 0.3) is 10.0 Å². The maximum atomic E-state index is 12.3. The van der Waals surface area contributed by atoms with E-state index >= 15 is 0 Å². The van der Waals surface area contributed by atoms with E-state index in [-0.39, 0.29) is 21.3 Å². The van der Waals surface area contributed by atoms with Gasteiger partial charge in [-0.3, -0.25) is 5.32 Å². The molecule has 124 valence electrons. The summed E-state index contributed by atoms with van der Waals surface area (Å²) in [5.41, 5.74) is 0. The highest BCUT2D eigenvalue weighted by Crippen LogP contribution is 2.33. The van der Waals surface area contributed by atoms with Gasteiger partial charge in [0.05, 0.1) is 5.02 Å². The van der Waals surface area contributed by atoms with Crippen LogP contribution in [0, 0.1) is 0 Å². The number of carbonyl (C=O) groups is 1. The van der Waals surface area contributed by atoms with Crippen molar-refractivity contribution in [3.05, 3.63) is 34.3 Å². The minimum atomic E-state index is -4.71. The molecule has 0 aliphatic rings. The Kier molecular flexibility index (Phi) is 4.77. The number of rotatable bonds is 3. The molecule has 2 rings (SSSR count). The molecule has 1 aromatic heterocycles. The molecule has 1 heterocycles. The van der Waals surface area contributed by atoms with E-state index in [0.29, 0.717) is 0 Å². The van der Waals surface area contributed by atoms with Crippen molar-refractivity contribution in [2.45, 2.75) is 11.1 Å². The molecule has 0 spiro atoms. The first-order valence-electron chi connectivity index (χ1n) is 5.58. The van der Waals surface area contributed by atoms with E-state index in [1.54, 1.807) is 4.72 Å². The number of urea groups is 1. The zero-order valence-electron chi connectivity index (χ0n) is 10.8. The lowest BCUT2D eigenvalue weighted by atomic mass is 10.4. The topological polar surface area (TPSA) is 101 Å². The van der Waals surface area contributed by atoms with Crippen LogP contribution in [0.1, 0.15) is 5.01 Å². The normalized spacial score (nSPS) is 12.0. The number of halogens is 4. The molecular weight excluding hydrogens is 381 g/mol. The van der Waals surface area contributed by atoms with E-state index in [0.717, 1.165) is 6.07 Å². The van der Waals surface area contributed by atoms with E-state index in [9.17, 15) is 26.4 Å². The van der Waals surface area contributed by atoms with Gasteiger partial charge in [-0.15, -0.1) is 10.2 Å². The summed E-state index contributed by atoms with van der Waals surface area (Å²) in [6, 6.07) is 4.04. The predicted molar refractivity (Wildman–Crippen MR) is 75.7 cm³/mol. The summed E-state index contributed by atoms with van der Waals surface area (Å²) in [6.45, 7) is 0. The molecular formula is C10H6ClF3N4O3S2. The first-order valence-corrected chi connectivity index (χ1v) is 8.26. The highest BCUT2D eigenvalue weighted by Gasteiger charge is 2.36. The van der Waals surface area contributed by atoms with Gasteiger partial charge in [0.1, 0.15) is 4.90 Å². The van der Waals surface area contributed by atoms with E-state index in [1.807, 2.05) is 5.32 Å². The highest BCUT2D eigenvalue weighted by molar-refractivity contribution is 7.90. The molecule has 0 saturated carbocycles. The number of benzene rings is 1. The number of hydrogen-bond acceptors (Lipinski definition) is 6. The fraction of sp³-hybridized carbons (Fsp3) is 0.100. The number of nitrogens with zero attached hydrogens (tertiary/aromatic N) is 2. The Balaban J connectivity index is 2.11. The van der Waals surface area contributed by atoms with Crippen molar-refractivity contribution >= 4 is 44.1 Å². The van der Waals surface area contributed by atoms with Gasteiger partial charge in [0, 0.05) is 0 Å². The standard InChI is InChI=1S/C10H6ClF3N4O3S2/c11-5-3-1-2-4-6(5)23(20,21)18-8(19)15-9-17-16-7(22-9)10(12,13)14/h1-4H,(H2,15,17,18,19). The Morgan fingerprint density at radius 2 is 1.87 bits per heavy atom. The number of nitrogens with one attached hydrogen (secondary N) is 2. The molecule has 0 bridgehead atoms. The lowest BCUT2D eigenvalue weighted by Crippen LogP contribution is -2.34. The van der Waals surface area contributed by atoms with Gasteiger partial charge in [-0.2, -0.15) is 13.2 Å².